The Labute approximate surface area is 125 Å². The van der Waals surface area contributed by atoms with Gasteiger partial charge in [-0.3, -0.25) is 4.98 Å². The highest BCUT2D eigenvalue weighted by atomic mass is 32.2. The Balaban J connectivity index is 2.12. The maximum absolute atomic E-state index is 11.3. The third-order valence-corrected chi connectivity index (χ3v) is 4.18. The lowest BCUT2D eigenvalue weighted by atomic mass is 10.1. The molecule has 1 unspecified atom stereocenters. The maximum atomic E-state index is 11.3. The number of nitrogens with two attached hydrogens (primary N) is 1. The molecule has 2 rings (SSSR count). The molecule has 6 heteroatoms. The molecule has 21 heavy (non-hydrogen) atoms. The van der Waals surface area contributed by atoms with Gasteiger partial charge < -0.3 is 4.74 Å². The van der Waals surface area contributed by atoms with Crippen molar-refractivity contribution in [3.63, 3.8) is 0 Å². The number of sulfonamides is 1. The molecule has 0 saturated carbocycles. The zero-order valence-corrected chi connectivity index (χ0v) is 12.8. The fourth-order valence-electron chi connectivity index (χ4n) is 2.36. The van der Waals surface area contributed by atoms with Crippen LogP contribution in [0, 0.1) is 5.92 Å². The Bertz CT molecular complexity index is 696. The van der Waals surface area contributed by atoms with E-state index in [1.54, 1.807) is 6.20 Å². The second kappa shape index (κ2) is 6.87. The van der Waals surface area contributed by atoms with Crippen molar-refractivity contribution in [2.75, 3.05) is 12.4 Å². The second-order valence-electron chi connectivity index (χ2n) is 5.12. The Hall–Kier alpha value is -1.66. The Kier molecular flexibility index (Phi) is 5.14. The van der Waals surface area contributed by atoms with Gasteiger partial charge in [0.15, 0.2) is 0 Å². The number of ether oxygens (including phenoxy) is 1. The van der Waals surface area contributed by atoms with Crippen LogP contribution in [0.5, 0.6) is 5.75 Å². The SMILES string of the molecule is CCCC(COc1cccc2ncccc12)CS(N)(=O)=O. The molecule has 0 radical (unpaired) electrons. The van der Waals surface area contributed by atoms with Crippen LogP contribution in [0.4, 0.5) is 0 Å². The number of primary sulfonamides is 1. The molecule has 0 aliphatic rings. The average molecular weight is 308 g/mol. The standard InChI is InChI=1S/C15H20N2O3S/c1-2-5-12(11-21(16,18)19)10-20-15-8-3-7-14-13(15)6-4-9-17-14/h3-4,6-9,12H,2,5,10-11H2,1H3,(H2,16,18,19). The van der Waals surface area contributed by atoms with Crippen LogP contribution in [0.15, 0.2) is 36.5 Å². The van der Waals surface area contributed by atoms with E-state index in [2.05, 4.69) is 4.98 Å². The van der Waals surface area contributed by atoms with Crippen molar-refractivity contribution in [1.82, 2.24) is 4.98 Å². The molecule has 0 spiro atoms. The number of benzene rings is 1. The van der Waals surface area contributed by atoms with Crippen LogP contribution in [0.25, 0.3) is 10.9 Å². The van der Waals surface area contributed by atoms with E-state index in [-0.39, 0.29) is 11.7 Å². The predicted octanol–water partition coefficient (Wildman–Crippen LogP) is 2.32. The van der Waals surface area contributed by atoms with E-state index >= 15 is 0 Å². The van der Waals surface area contributed by atoms with Gasteiger partial charge in [-0.1, -0.05) is 19.4 Å². The van der Waals surface area contributed by atoms with Gasteiger partial charge in [0.25, 0.3) is 0 Å². The van der Waals surface area contributed by atoms with Crippen molar-refractivity contribution in [2.45, 2.75) is 19.8 Å². The highest BCUT2D eigenvalue weighted by molar-refractivity contribution is 7.89. The van der Waals surface area contributed by atoms with Crippen molar-refractivity contribution < 1.29 is 13.2 Å². The molecule has 1 aromatic heterocycles. The van der Waals surface area contributed by atoms with Gasteiger partial charge in [0.2, 0.25) is 10.0 Å². The summed E-state index contributed by atoms with van der Waals surface area (Å²) in [4.78, 5) is 4.27. The van der Waals surface area contributed by atoms with E-state index in [1.807, 2.05) is 37.3 Å². The molecule has 1 heterocycles. The minimum Gasteiger partial charge on any atom is -0.493 e. The topological polar surface area (TPSA) is 82.3 Å². The Morgan fingerprint density at radius 3 is 2.81 bits per heavy atom. The van der Waals surface area contributed by atoms with Crippen LogP contribution >= 0.6 is 0 Å². The zero-order chi connectivity index (χ0) is 15.3. The minimum atomic E-state index is -3.48. The van der Waals surface area contributed by atoms with Crippen molar-refractivity contribution >= 4 is 20.9 Å². The zero-order valence-electron chi connectivity index (χ0n) is 12.0. The van der Waals surface area contributed by atoms with E-state index in [0.717, 1.165) is 29.5 Å². The first-order chi connectivity index (χ1) is 9.99. The first-order valence-corrected chi connectivity index (χ1v) is 8.68. The van der Waals surface area contributed by atoms with Crippen LogP contribution in [-0.2, 0) is 10.0 Å². The van der Waals surface area contributed by atoms with Crippen LogP contribution in [0.1, 0.15) is 19.8 Å². The number of fused-ring (bicyclic) bond motifs is 1. The molecular formula is C15H20N2O3S. The summed E-state index contributed by atoms with van der Waals surface area (Å²) in [6.45, 7) is 2.34. The molecule has 0 aliphatic heterocycles. The lowest BCUT2D eigenvalue weighted by Gasteiger charge is -2.16. The molecule has 0 bridgehead atoms. The average Bonchev–Trinajstić information content (AvgIpc) is 2.43. The summed E-state index contributed by atoms with van der Waals surface area (Å²) >= 11 is 0. The van der Waals surface area contributed by atoms with Gasteiger partial charge >= 0.3 is 0 Å². The molecule has 5 nitrogen and oxygen atoms in total. The number of hydrogen-bond acceptors (Lipinski definition) is 4. The van der Waals surface area contributed by atoms with Crippen molar-refractivity contribution in [3.05, 3.63) is 36.5 Å². The molecule has 1 atom stereocenters. The van der Waals surface area contributed by atoms with Crippen LogP contribution in [0.3, 0.4) is 0 Å². The lowest BCUT2D eigenvalue weighted by Crippen LogP contribution is -2.27. The molecule has 1 aromatic carbocycles. The summed E-state index contributed by atoms with van der Waals surface area (Å²) in [5.74, 6) is 0.567. The predicted molar refractivity (Wildman–Crippen MR) is 83.6 cm³/mol. The summed E-state index contributed by atoms with van der Waals surface area (Å²) in [5.41, 5.74) is 0.855. The second-order valence-corrected chi connectivity index (χ2v) is 6.78. The van der Waals surface area contributed by atoms with Gasteiger partial charge in [-0.25, -0.2) is 13.6 Å². The normalized spacial score (nSPS) is 13.2. The Morgan fingerprint density at radius 2 is 2.10 bits per heavy atom. The van der Waals surface area contributed by atoms with Gasteiger partial charge in [0.05, 0.1) is 17.9 Å². The van der Waals surface area contributed by atoms with E-state index in [0.29, 0.717) is 6.61 Å². The van der Waals surface area contributed by atoms with Gasteiger partial charge in [-0.15, -0.1) is 0 Å². The molecule has 0 aliphatic carbocycles. The van der Waals surface area contributed by atoms with Gasteiger partial charge in [-0.05, 0) is 30.7 Å². The quantitative estimate of drug-likeness (QED) is 0.851. The highest BCUT2D eigenvalue weighted by Gasteiger charge is 2.16. The van der Waals surface area contributed by atoms with E-state index in [9.17, 15) is 8.42 Å². The van der Waals surface area contributed by atoms with E-state index in [1.165, 1.54) is 0 Å². The number of hydrogen-bond donors (Lipinski definition) is 1. The molecule has 2 N–H and O–H groups in total. The van der Waals surface area contributed by atoms with E-state index in [4.69, 9.17) is 9.88 Å². The van der Waals surface area contributed by atoms with E-state index < -0.39 is 10.0 Å². The highest BCUT2D eigenvalue weighted by Crippen LogP contribution is 2.24. The fourth-order valence-corrected chi connectivity index (χ4v) is 3.28. The third-order valence-electron chi connectivity index (χ3n) is 3.25. The van der Waals surface area contributed by atoms with Gasteiger partial charge in [-0.2, -0.15) is 0 Å². The van der Waals surface area contributed by atoms with Crippen molar-refractivity contribution in [2.24, 2.45) is 11.1 Å². The van der Waals surface area contributed by atoms with Gasteiger partial charge in [0, 0.05) is 17.5 Å². The van der Waals surface area contributed by atoms with Crippen LogP contribution < -0.4 is 9.88 Å². The van der Waals surface area contributed by atoms with Crippen molar-refractivity contribution in [1.29, 1.82) is 0 Å². The molecular weight excluding hydrogens is 288 g/mol. The molecule has 0 fully saturated rings. The lowest BCUT2D eigenvalue weighted by molar-refractivity contribution is 0.255. The van der Waals surface area contributed by atoms with Gasteiger partial charge in [0.1, 0.15) is 5.75 Å². The molecule has 114 valence electrons. The molecule has 0 amide bonds. The number of nitrogens with zero attached hydrogens (tertiary/aromatic N) is 1. The molecule has 2 aromatic rings. The monoisotopic (exact) mass is 308 g/mol. The number of rotatable bonds is 7. The smallest absolute Gasteiger partial charge is 0.209 e. The fraction of sp³-hybridized carbons (Fsp3) is 0.400. The number of pyridine rings is 1. The molecule has 0 saturated heterocycles. The summed E-state index contributed by atoms with van der Waals surface area (Å²) < 4.78 is 28.3. The third kappa shape index (κ3) is 4.68. The largest absolute Gasteiger partial charge is 0.493 e. The minimum absolute atomic E-state index is 0.0517. The summed E-state index contributed by atoms with van der Waals surface area (Å²) in [5, 5.41) is 6.05. The summed E-state index contributed by atoms with van der Waals surface area (Å²) in [6.07, 6.45) is 3.38. The Morgan fingerprint density at radius 1 is 1.29 bits per heavy atom. The van der Waals surface area contributed by atoms with Crippen LogP contribution in [-0.4, -0.2) is 25.8 Å². The summed E-state index contributed by atoms with van der Waals surface area (Å²) in [6, 6.07) is 9.44. The first kappa shape index (κ1) is 15.7. The van der Waals surface area contributed by atoms with Crippen LogP contribution in [0.2, 0.25) is 0 Å². The number of aromatic nitrogens is 1. The maximum Gasteiger partial charge on any atom is 0.209 e. The first-order valence-electron chi connectivity index (χ1n) is 6.96. The van der Waals surface area contributed by atoms with Crippen molar-refractivity contribution in [3.8, 4) is 5.75 Å². The summed E-state index contributed by atoms with van der Waals surface area (Å²) in [7, 11) is -3.48.